The Bertz CT molecular complexity index is 580. The van der Waals surface area contributed by atoms with Gasteiger partial charge in [-0.15, -0.1) is 11.3 Å². The van der Waals surface area contributed by atoms with Gasteiger partial charge in [-0.25, -0.2) is 0 Å². The number of para-hydroxylation sites is 1. The first-order valence-corrected chi connectivity index (χ1v) is 7.34. The molecule has 1 aliphatic rings. The molecule has 3 rings (SSSR count). The fraction of sp³-hybridized carbons (Fsp3) is 0.267. The lowest BCUT2D eigenvalue weighted by molar-refractivity contribution is 0.0739. The Labute approximate surface area is 116 Å². The first-order chi connectivity index (χ1) is 9.27. The van der Waals surface area contributed by atoms with Crippen LogP contribution in [0.15, 0.2) is 41.8 Å². The quantitative estimate of drug-likeness (QED) is 0.853. The third-order valence-corrected chi connectivity index (χ3v) is 4.55. The highest BCUT2D eigenvalue weighted by Crippen LogP contribution is 2.35. The van der Waals surface area contributed by atoms with Gasteiger partial charge in [0, 0.05) is 17.1 Å². The number of thiophene rings is 1. The zero-order valence-corrected chi connectivity index (χ0v) is 11.4. The maximum Gasteiger partial charge on any atom is 0.256 e. The molecule has 1 fully saturated rings. The van der Waals surface area contributed by atoms with Crippen LogP contribution in [0.5, 0.6) is 0 Å². The van der Waals surface area contributed by atoms with Crippen molar-refractivity contribution in [3.63, 3.8) is 0 Å². The summed E-state index contributed by atoms with van der Waals surface area (Å²) in [6.45, 7) is 0.815. The molecule has 1 saturated heterocycles. The lowest BCUT2D eigenvalue weighted by Gasteiger charge is -2.24. The molecule has 0 aliphatic carbocycles. The van der Waals surface area contributed by atoms with Crippen molar-refractivity contribution in [2.75, 3.05) is 12.3 Å². The van der Waals surface area contributed by atoms with E-state index in [0.717, 1.165) is 19.4 Å². The second-order valence-electron chi connectivity index (χ2n) is 4.76. The van der Waals surface area contributed by atoms with E-state index in [1.54, 1.807) is 17.4 Å². The van der Waals surface area contributed by atoms with Crippen LogP contribution in [0, 0.1) is 0 Å². The molecule has 1 atom stereocenters. The fourth-order valence-electron chi connectivity index (χ4n) is 2.63. The van der Waals surface area contributed by atoms with Gasteiger partial charge in [0.05, 0.1) is 11.6 Å². The van der Waals surface area contributed by atoms with E-state index >= 15 is 0 Å². The van der Waals surface area contributed by atoms with Gasteiger partial charge in [0.15, 0.2) is 0 Å². The van der Waals surface area contributed by atoms with Crippen molar-refractivity contribution in [3.05, 3.63) is 52.2 Å². The van der Waals surface area contributed by atoms with Crippen molar-refractivity contribution >= 4 is 22.9 Å². The summed E-state index contributed by atoms with van der Waals surface area (Å²) in [5.74, 6) is 0.0500. The van der Waals surface area contributed by atoms with Gasteiger partial charge in [0.1, 0.15) is 0 Å². The van der Waals surface area contributed by atoms with Crippen LogP contribution in [0.2, 0.25) is 0 Å². The van der Waals surface area contributed by atoms with Gasteiger partial charge in [-0.05, 0) is 36.4 Å². The summed E-state index contributed by atoms with van der Waals surface area (Å²) in [4.78, 5) is 15.8. The number of benzene rings is 1. The monoisotopic (exact) mass is 272 g/mol. The van der Waals surface area contributed by atoms with Gasteiger partial charge >= 0.3 is 0 Å². The molecule has 1 aliphatic heterocycles. The number of likely N-dealkylation sites (tertiary alicyclic amines) is 1. The van der Waals surface area contributed by atoms with E-state index in [0.29, 0.717) is 11.3 Å². The Morgan fingerprint density at radius 2 is 2.11 bits per heavy atom. The predicted octanol–water partition coefficient (Wildman–Crippen LogP) is 3.31. The lowest BCUT2D eigenvalue weighted by atomic mass is 10.1. The third-order valence-electron chi connectivity index (χ3n) is 3.58. The smallest absolute Gasteiger partial charge is 0.256 e. The Kier molecular flexibility index (Phi) is 3.25. The highest BCUT2D eigenvalue weighted by atomic mass is 32.1. The molecule has 1 unspecified atom stereocenters. The maximum absolute atomic E-state index is 12.6. The summed E-state index contributed by atoms with van der Waals surface area (Å²) in [5, 5.41) is 2.06. The first kappa shape index (κ1) is 12.2. The van der Waals surface area contributed by atoms with Crippen LogP contribution < -0.4 is 5.73 Å². The number of nitrogens with two attached hydrogens (primary N) is 1. The number of carbonyl (C=O) groups is 1. The summed E-state index contributed by atoms with van der Waals surface area (Å²) in [6, 6.07) is 11.7. The number of hydrogen-bond donors (Lipinski definition) is 1. The number of hydrogen-bond acceptors (Lipinski definition) is 3. The Morgan fingerprint density at radius 3 is 2.84 bits per heavy atom. The van der Waals surface area contributed by atoms with Crippen molar-refractivity contribution < 1.29 is 4.79 Å². The molecule has 2 N–H and O–H groups in total. The van der Waals surface area contributed by atoms with E-state index in [1.165, 1.54) is 4.88 Å². The zero-order chi connectivity index (χ0) is 13.2. The van der Waals surface area contributed by atoms with E-state index in [1.807, 2.05) is 29.2 Å². The highest BCUT2D eigenvalue weighted by Gasteiger charge is 2.31. The normalized spacial score (nSPS) is 18.7. The van der Waals surface area contributed by atoms with Gasteiger partial charge in [0.25, 0.3) is 5.91 Å². The average Bonchev–Trinajstić information content (AvgIpc) is 3.09. The predicted molar refractivity (Wildman–Crippen MR) is 78.2 cm³/mol. The minimum atomic E-state index is 0.0500. The molecule has 0 saturated carbocycles. The van der Waals surface area contributed by atoms with E-state index in [-0.39, 0.29) is 11.9 Å². The number of carbonyl (C=O) groups excluding carboxylic acids is 1. The Morgan fingerprint density at radius 1 is 1.26 bits per heavy atom. The van der Waals surface area contributed by atoms with Crippen molar-refractivity contribution in [1.29, 1.82) is 0 Å². The van der Waals surface area contributed by atoms with Crippen molar-refractivity contribution in [2.24, 2.45) is 0 Å². The number of rotatable bonds is 2. The number of amides is 1. The third kappa shape index (κ3) is 2.24. The Hall–Kier alpha value is -1.81. The molecule has 4 heteroatoms. The second kappa shape index (κ2) is 5.05. The van der Waals surface area contributed by atoms with Crippen LogP contribution >= 0.6 is 11.3 Å². The van der Waals surface area contributed by atoms with Crippen LogP contribution in [0.25, 0.3) is 0 Å². The van der Waals surface area contributed by atoms with Crippen LogP contribution in [0.3, 0.4) is 0 Å². The van der Waals surface area contributed by atoms with Crippen LogP contribution in [0.1, 0.15) is 34.1 Å². The van der Waals surface area contributed by atoms with Crippen molar-refractivity contribution in [3.8, 4) is 0 Å². The van der Waals surface area contributed by atoms with E-state index in [4.69, 9.17) is 5.73 Å². The van der Waals surface area contributed by atoms with E-state index < -0.39 is 0 Å². The number of anilines is 1. The topological polar surface area (TPSA) is 46.3 Å². The highest BCUT2D eigenvalue weighted by molar-refractivity contribution is 7.10. The molecule has 0 radical (unpaired) electrons. The summed E-state index contributed by atoms with van der Waals surface area (Å²) >= 11 is 1.72. The molecule has 0 bridgehead atoms. The van der Waals surface area contributed by atoms with Crippen molar-refractivity contribution in [1.82, 2.24) is 4.90 Å². The van der Waals surface area contributed by atoms with Gasteiger partial charge in [-0.3, -0.25) is 4.79 Å². The van der Waals surface area contributed by atoms with Gasteiger partial charge in [-0.1, -0.05) is 18.2 Å². The molecule has 19 heavy (non-hydrogen) atoms. The SMILES string of the molecule is Nc1ccccc1C(=O)N1CCCC1c1cccs1. The molecule has 1 aromatic heterocycles. The summed E-state index contributed by atoms with van der Waals surface area (Å²) < 4.78 is 0. The first-order valence-electron chi connectivity index (χ1n) is 6.46. The molecule has 0 spiro atoms. The molecule has 3 nitrogen and oxygen atoms in total. The second-order valence-corrected chi connectivity index (χ2v) is 5.74. The van der Waals surface area contributed by atoms with E-state index in [2.05, 4.69) is 11.4 Å². The molecular formula is C15H16N2OS. The van der Waals surface area contributed by atoms with Crippen LogP contribution in [0.4, 0.5) is 5.69 Å². The summed E-state index contributed by atoms with van der Waals surface area (Å²) in [7, 11) is 0. The van der Waals surface area contributed by atoms with Gasteiger partial charge in [0.2, 0.25) is 0 Å². The standard InChI is InChI=1S/C15H16N2OS/c16-12-6-2-1-5-11(12)15(18)17-9-3-7-13(17)14-8-4-10-19-14/h1-2,4-6,8,10,13H,3,7,9,16H2. The molecule has 1 amide bonds. The molecule has 2 heterocycles. The number of nitrogens with zero attached hydrogens (tertiary/aromatic N) is 1. The van der Waals surface area contributed by atoms with Gasteiger partial charge in [-0.2, -0.15) is 0 Å². The van der Waals surface area contributed by atoms with E-state index in [9.17, 15) is 4.79 Å². The summed E-state index contributed by atoms with van der Waals surface area (Å²) in [5.41, 5.74) is 7.08. The fourth-order valence-corrected chi connectivity index (χ4v) is 3.51. The maximum atomic E-state index is 12.6. The van der Waals surface area contributed by atoms with Gasteiger partial charge < -0.3 is 10.6 Å². The van der Waals surface area contributed by atoms with Crippen LogP contribution in [-0.4, -0.2) is 17.4 Å². The van der Waals surface area contributed by atoms with Crippen LogP contribution in [-0.2, 0) is 0 Å². The zero-order valence-electron chi connectivity index (χ0n) is 10.6. The molecule has 98 valence electrons. The average molecular weight is 272 g/mol. The minimum Gasteiger partial charge on any atom is -0.398 e. The lowest BCUT2D eigenvalue weighted by Crippen LogP contribution is -2.30. The Balaban J connectivity index is 1.89. The molecule has 2 aromatic rings. The number of nitrogen functional groups attached to an aromatic ring is 1. The summed E-state index contributed by atoms with van der Waals surface area (Å²) in [6.07, 6.45) is 2.10. The molecular weight excluding hydrogens is 256 g/mol. The van der Waals surface area contributed by atoms with Crippen molar-refractivity contribution in [2.45, 2.75) is 18.9 Å². The molecule has 1 aromatic carbocycles. The minimum absolute atomic E-state index is 0.0500. The largest absolute Gasteiger partial charge is 0.398 e.